The van der Waals surface area contributed by atoms with Crippen molar-refractivity contribution in [3.8, 4) is 6.07 Å². The molecule has 17 heavy (non-hydrogen) atoms. The molecule has 1 rings (SSSR count). The van der Waals surface area contributed by atoms with Crippen molar-refractivity contribution in [1.29, 1.82) is 5.26 Å². The summed E-state index contributed by atoms with van der Waals surface area (Å²) in [5.74, 6) is -0.467. The fourth-order valence-corrected chi connectivity index (χ4v) is 1.38. The Morgan fingerprint density at radius 2 is 2.35 bits per heavy atom. The fraction of sp³-hybridized carbons (Fsp3) is 0.417. The van der Waals surface area contributed by atoms with Crippen LogP contribution in [0.2, 0.25) is 0 Å². The zero-order valence-corrected chi connectivity index (χ0v) is 9.61. The molecule has 0 heterocycles. The van der Waals surface area contributed by atoms with Crippen molar-refractivity contribution >= 4 is 5.69 Å². The Labute approximate surface area is 99.6 Å². The van der Waals surface area contributed by atoms with Crippen molar-refractivity contribution in [2.75, 3.05) is 25.6 Å². The molecule has 0 radical (unpaired) electrons. The summed E-state index contributed by atoms with van der Waals surface area (Å²) in [6.45, 7) is 0.699. The summed E-state index contributed by atoms with van der Waals surface area (Å²) in [6, 6.07) is 6.09. The molecule has 0 spiro atoms. The molecule has 0 aliphatic rings. The molecule has 1 atom stereocenters. The SMILES string of the molecule is COCC(O)CCNc1ccc(C#N)cc1F. The first-order valence-corrected chi connectivity index (χ1v) is 5.28. The van der Waals surface area contributed by atoms with Gasteiger partial charge in [-0.2, -0.15) is 5.26 Å². The lowest BCUT2D eigenvalue weighted by atomic mass is 10.2. The van der Waals surface area contributed by atoms with Gasteiger partial charge in [-0.05, 0) is 24.6 Å². The number of hydrogen-bond donors (Lipinski definition) is 2. The zero-order valence-electron chi connectivity index (χ0n) is 9.61. The van der Waals surface area contributed by atoms with Crippen LogP contribution in [0.1, 0.15) is 12.0 Å². The van der Waals surface area contributed by atoms with Gasteiger partial charge in [-0.1, -0.05) is 0 Å². The first-order valence-electron chi connectivity index (χ1n) is 5.28. The molecule has 0 aliphatic carbocycles. The van der Waals surface area contributed by atoms with E-state index in [1.807, 2.05) is 6.07 Å². The van der Waals surface area contributed by atoms with Gasteiger partial charge in [0.15, 0.2) is 0 Å². The van der Waals surface area contributed by atoms with E-state index in [1.54, 1.807) is 0 Å². The Bertz CT molecular complexity index is 404. The van der Waals surface area contributed by atoms with Crippen LogP contribution in [0.5, 0.6) is 0 Å². The molecule has 0 saturated carbocycles. The molecule has 5 heteroatoms. The van der Waals surface area contributed by atoms with Crippen LogP contribution in [0.25, 0.3) is 0 Å². The van der Waals surface area contributed by atoms with Crippen molar-refractivity contribution in [1.82, 2.24) is 0 Å². The van der Waals surface area contributed by atoms with Crippen LogP contribution in [0, 0.1) is 17.1 Å². The van der Waals surface area contributed by atoms with Gasteiger partial charge in [0.25, 0.3) is 0 Å². The quantitative estimate of drug-likeness (QED) is 0.788. The molecule has 1 aromatic carbocycles. The molecule has 1 unspecified atom stereocenters. The van der Waals surface area contributed by atoms with Gasteiger partial charge in [0.1, 0.15) is 5.82 Å². The average Bonchev–Trinajstić information content (AvgIpc) is 2.31. The predicted octanol–water partition coefficient (Wildman–Crippen LogP) is 1.51. The third-order valence-electron chi connectivity index (χ3n) is 2.25. The van der Waals surface area contributed by atoms with Crippen LogP contribution in [0.4, 0.5) is 10.1 Å². The molecule has 0 amide bonds. The topological polar surface area (TPSA) is 65.3 Å². The van der Waals surface area contributed by atoms with E-state index in [0.29, 0.717) is 18.7 Å². The minimum Gasteiger partial charge on any atom is -0.391 e. The number of nitrogens with zero attached hydrogens (tertiary/aromatic N) is 1. The molecular formula is C12H15FN2O2. The second-order valence-electron chi connectivity index (χ2n) is 3.63. The molecule has 92 valence electrons. The first kappa shape index (κ1) is 13.4. The van der Waals surface area contributed by atoms with E-state index in [0.717, 1.165) is 0 Å². The van der Waals surface area contributed by atoms with Gasteiger partial charge in [0.2, 0.25) is 0 Å². The summed E-state index contributed by atoms with van der Waals surface area (Å²) in [4.78, 5) is 0. The van der Waals surface area contributed by atoms with E-state index >= 15 is 0 Å². The van der Waals surface area contributed by atoms with E-state index in [-0.39, 0.29) is 12.2 Å². The van der Waals surface area contributed by atoms with E-state index in [1.165, 1.54) is 25.3 Å². The van der Waals surface area contributed by atoms with Crippen molar-refractivity contribution in [3.63, 3.8) is 0 Å². The monoisotopic (exact) mass is 238 g/mol. The summed E-state index contributed by atoms with van der Waals surface area (Å²) in [7, 11) is 1.51. The lowest BCUT2D eigenvalue weighted by molar-refractivity contribution is 0.0615. The Morgan fingerprint density at radius 1 is 1.59 bits per heavy atom. The maximum absolute atomic E-state index is 13.4. The highest BCUT2D eigenvalue weighted by atomic mass is 19.1. The molecular weight excluding hydrogens is 223 g/mol. The zero-order chi connectivity index (χ0) is 12.7. The van der Waals surface area contributed by atoms with E-state index in [9.17, 15) is 9.50 Å². The predicted molar refractivity (Wildman–Crippen MR) is 62.1 cm³/mol. The van der Waals surface area contributed by atoms with Gasteiger partial charge in [0, 0.05) is 13.7 Å². The number of ether oxygens (including phenoxy) is 1. The Morgan fingerprint density at radius 3 is 2.94 bits per heavy atom. The number of aliphatic hydroxyl groups is 1. The Balaban J connectivity index is 2.45. The van der Waals surface area contributed by atoms with Crippen LogP contribution in [0.15, 0.2) is 18.2 Å². The molecule has 2 N–H and O–H groups in total. The molecule has 0 aliphatic heterocycles. The summed E-state index contributed by atoms with van der Waals surface area (Å²) in [5.41, 5.74) is 0.612. The minimum absolute atomic E-state index is 0.261. The standard InChI is InChI=1S/C12H15FN2O2/c1-17-8-10(16)4-5-15-12-3-2-9(7-14)6-11(12)13/h2-3,6,10,15-16H,4-5,8H2,1H3. The molecule has 0 saturated heterocycles. The summed E-state index contributed by atoms with van der Waals surface area (Å²) >= 11 is 0. The van der Waals surface area contributed by atoms with Crippen LogP contribution in [0.3, 0.4) is 0 Å². The van der Waals surface area contributed by atoms with Gasteiger partial charge in [-0.25, -0.2) is 4.39 Å². The number of methoxy groups -OCH3 is 1. The Kier molecular flexibility index (Phi) is 5.40. The summed E-state index contributed by atoms with van der Waals surface area (Å²) in [6.07, 6.45) is -0.0956. The normalized spacial score (nSPS) is 11.9. The van der Waals surface area contributed by atoms with Gasteiger partial charge in [-0.3, -0.25) is 0 Å². The summed E-state index contributed by atoms with van der Waals surface area (Å²) < 4.78 is 18.2. The van der Waals surface area contributed by atoms with Crippen LogP contribution in [-0.4, -0.2) is 31.5 Å². The van der Waals surface area contributed by atoms with Crippen LogP contribution < -0.4 is 5.32 Å². The van der Waals surface area contributed by atoms with Crippen molar-refractivity contribution < 1.29 is 14.2 Å². The Hall–Kier alpha value is -1.64. The molecule has 4 nitrogen and oxygen atoms in total. The largest absolute Gasteiger partial charge is 0.391 e. The van der Waals surface area contributed by atoms with Gasteiger partial charge < -0.3 is 15.2 Å². The van der Waals surface area contributed by atoms with Gasteiger partial charge in [0.05, 0.1) is 30.0 Å². The number of rotatable bonds is 6. The molecule has 0 aromatic heterocycles. The lowest BCUT2D eigenvalue weighted by Crippen LogP contribution is -2.18. The third kappa shape index (κ3) is 4.39. The van der Waals surface area contributed by atoms with Gasteiger partial charge >= 0.3 is 0 Å². The van der Waals surface area contributed by atoms with Gasteiger partial charge in [-0.15, -0.1) is 0 Å². The number of nitrogens with one attached hydrogen (secondary N) is 1. The molecule has 0 bridgehead atoms. The van der Waals surface area contributed by atoms with E-state index in [4.69, 9.17) is 10.00 Å². The maximum atomic E-state index is 13.4. The van der Waals surface area contributed by atoms with Crippen molar-refractivity contribution in [2.24, 2.45) is 0 Å². The van der Waals surface area contributed by atoms with Crippen LogP contribution in [-0.2, 0) is 4.74 Å². The lowest BCUT2D eigenvalue weighted by Gasteiger charge is -2.11. The number of halogens is 1. The number of anilines is 1. The second-order valence-corrected chi connectivity index (χ2v) is 3.63. The summed E-state index contributed by atoms with van der Waals surface area (Å²) in [5, 5.41) is 20.8. The first-order chi connectivity index (χ1) is 8.17. The van der Waals surface area contributed by atoms with Crippen LogP contribution >= 0.6 is 0 Å². The van der Waals surface area contributed by atoms with Crippen molar-refractivity contribution in [3.05, 3.63) is 29.6 Å². The highest BCUT2D eigenvalue weighted by molar-refractivity contribution is 5.48. The number of nitriles is 1. The third-order valence-corrected chi connectivity index (χ3v) is 2.25. The fourth-order valence-electron chi connectivity index (χ4n) is 1.38. The highest BCUT2D eigenvalue weighted by Crippen LogP contribution is 2.15. The highest BCUT2D eigenvalue weighted by Gasteiger charge is 2.05. The minimum atomic E-state index is -0.561. The second kappa shape index (κ2) is 6.84. The smallest absolute Gasteiger partial charge is 0.147 e. The van der Waals surface area contributed by atoms with Crippen molar-refractivity contribution in [2.45, 2.75) is 12.5 Å². The molecule has 1 aromatic rings. The number of aliphatic hydroxyl groups excluding tert-OH is 1. The number of benzene rings is 1. The van der Waals surface area contributed by atoms with E-state index in [2.05, 4.69) is 5.32 Å². The number of hydrogen-bond acceptors (Lipinski definition) is 4. The van der Waals surface area contributed by atoms with E-state index < -0.39 is 11.9 Å². The maximum Gasteiger partial charge on any atom is 0.147 e. The molecule has 0 fully saturated rings. The average molecular weight is 238 g/mol.